The summed E-state index contributed by atoms with van der Waals surface area (Å²) in [5.74, 6) is 1.14. The van der Waals surface area contributed by atoms with Gasteiger partial charge in [0.15, 0.2) is 12.0 Å². The van der Waals surface area contributed by atoms with Gasteiger partial charge in [-0.3, -0.25) is 9.78 Å². The van der Waals surface area contributed by atoms with Crippen LogP contribution in [0.3, 0.4) is 0 Å². The normalized spacial score (nSPS) is 10.6. The number of nitriles is 1. The molecule has 2 heterocycles. The highest BCUT2D eigenvalue weighted by molar-refractivity contribution is 6.37. The van der Waals surface area contributed by atoms with Crippen LogP contribution in [0.1, 0.15) is 16.1 Å². The summed E-state index contributed by atoms with van der Waals surface area (Å²) in [5, 5.41) is 14.2. The van der Waals surface area contributed by atoms with E-state index in [1.54, 1.807) is 30.3 Å². The van der Waals surface area contributed by atoms with E-state index in [1.165, 1.54) is 26.7 Å². The van der Waals surface area contributed by atoms with E-state index in [-0.39, 0.29) is 5.76 Å². The van der Waals surface area contributed by atoms with Gasteiger partial charge in [-0.25, -0.2) is 0 Å². The van der Waals surface area contributed by atoms with Gasteiger partial charge in [0, 0.05) is 28.8 Å². The first-order chi connectivity index (χ1) is 15.5. The maximum absolute atomic E-state index is 11.0. The summed E-state index contributed by atoms with van der Waals surface area (Å²) >= 11 is 12.5. The molecule has 0 aliphatic heterocycles. The fourth-order valence-electron chi connectivity index (χ4n) is 3.30. The molecule has 160 valence electrons. The number of halogens is 2. The fraction of sp³-hybridized carbons (Fsp3) is 0.0870. The molecule has 9 heteroatoms. The Kier molecular flexibility index (Phi) is 5.91. The molecule has 0 atom stereocenters. The van der Waals surface area contributed by atoms with Crippen molar-refractivity contribution in [2.24, 2.45) is 0 Å². The third kappa shape index (κ3) is 3.82. The topological polar surface area (TPSA) is 97.4 Å². The number of nitrogens with zero attached hydrogens (tertiary/aromatic N) is 2. The van der Waals surface area contributed by atoms with Crippen molar-refractivity contribution in [3.8, 4) is 28.7 Å². The summed E-state index contributed by atoms with van der Waals surface area (Å²) in [4.78, 5) is 15.4. The monoisotopic (exact) mass is 467 g/mol. The highest BCUT2D eigenvalue weighted by Crippen LogP contribution is 2.41. The van der Waals surface area contributed by atoms with Gasteiger partial charge in [-0.1, -0.05) is 23.2 Å². The largest absolute Gasteiger partial charge is 0.496 e. The van der Waals surface area contributed by atoms with Gasteiger partial charge in [-0.05, 0) is 24.3 Å². The minimum atomic E-state index is 0.198. The number of ether oxygens (including phenoxy) is 2. The van der Waals surface area contributed by atoms with Crippen molar-refractivity contribution in [2.75, 3.05) is 19.5 Å². The number of rotatable bonds is 6. The summed E-state index contributed by atoms with van der Waals surface area (Å²) in [6, 6.07) is 10.5. The number of nitrogens with one attached hydrogen (secondary N) is 1. The lowest BCUT2D eigenvalue weighted by atomic mass is 10.0. The minimum Gasteiger partial charge on any atom is -0.496 e. The summed E-state index contributed by atoms with van der Waals surface area (Å²) < 4.78 is 16.1. The number of anilines is 2. The zero-order valence-corrected chi connectivity index (χ0v) is 18.4. The van der Waals surface area contributed by atoms with Crippen LogP contribution in [0.25, 0.3) is 22.0 Å². The molecule has 7 nitrogen and oxygen atoms in total. The second-order valence-electron chi connectivity index (χ2n) is 6.68. The molecule has 0 saturated heterocycles. The van der Waals surface area contributed by atoms with Crippen LogP contribution >= 0.6 is 23.2 Å². The molecule has 32 heavy (non-hydrogen) atoms. The van der Waals surface area contributed by atoms with Gasteiger partial charge in [-0.2, -0.15) is 5.26 Å². The second-order valence-corrected chi connectivity index (χ2v) is 7.49. The number of fused-ring (bicyclic) bond motifs is 1. The Labute approximate surface area is 193 Å². The van der Waals surface area contributed by atoms with E-state index in [0.29, 0.717) is 66.8 Å². The van der Waals surface area contributed by atoms with E-state index >= 15 is 0 Å². The maximum Gasteiger partial charge on any atom is 0.185 e. The molecule has 0 unspecified atom stereocenters. The van der Waals surface area contributed by atoms with E-state index in [9.17, 15) is 10.1 Å². The van der Waals surface area contributed by atoms with E-state index in [1.807, 2.05) is 0 Å². The van der Waals surface area contributed by atoms with Crippen LogP contribution in [-0.4, -0.2) is 25.5 Å². The number of carbonyl (C=O) groups is 1. The molecule has 0 spiro atoms. The standard InChI is InChI=1S/C23H15Cl2N3O4/c1-30-21-5-16-19(4-15(21)12-3-14(10-29)32-11-12)27-9-13(8-26)23(16)28-20-7-22(31-2)18(25)6-17(20)24/h3-7,9-11H,1-2H3,(H,27,28). The number of carbonyl (C=O) groups excluding carboxylic acids is 1. The van der Waals surface area contributed by atoms with E-state index in [4.69, 9.17) is 37.1 Å². The number of aldehydes is 1. The summed E-state index contributed by atoms with van der Waals surface area (Å²) in [6.45, 7) is 0. The molecule has 0 saturated carbocycles. The molecular formula is C23H15Cl2N3O4. The van der Waals surface area contributed by atoms with Crippen LogP contribution in [0, 0.1) is 11.3 Å². The molecule has 0 amide bonds. The van der Waals surface area contributed by atoms with Crippen molar-refractivity contribution >= 4 is 51.8 Å². The molecule has 4 rings (SSSR count). The van der Waals surface area contributed by atoms with Gasteiger partial charge in [0.05, 0.1) is 53.0 Å². The van der Waals surface area contributed by atoms with Crippen molar-refractivity contribution in [3.63, 3.8) is 0 Å². The number of benzene rings is 2. The lowest BCUT2D eigenvalue weighted by molar-refractivity contribution is 0.110. The van der Waals surface area contributed by atoms with Gasteiger partial charge in [0.1, 0.15) is 17.6 Å². The van der Waals surface area contributed by atoms with Gasteiger partial charge in [0.2, 0.25) is 0 Å². The number of furan rings is 1. The highest BCUT2D eigenvalue weighted by atomic mass is 35.5. The number of hydrogen-bond donors (Lipinski definition) is 1. The third-order valence-corrected chi connectivity index (χ3v) is 5.47. The predicted octanol–water partition coefficient (Wildman–Crippen LogP) is 6.25. The molecular weight excluding hydrogens is 453 g/mol. The first-order valence-electron chi connectivity index (χ1n) is 9.24. The Morgan fingerprint density at radius 2 is 1.88 bits per heavy atom. The molecule has 0 fully saturated rings. The second kappa shape index (κ2) is 8.79. The van der Waals surface area contributed by atoms with Crippen molar-refractivity contribution in [1.29, 1.82) is 5.26 Å². The molecule has 0 radical (unpaired) electrons. The molecule has 2 aromatic carbocycles. The van der Waals surface area contributed by atoms with Crippen LogP contribution in [-0.2, 0) is 0 Å². The smallest absolute Gasteiger partial charge is 0.185 e. The lowest BCUT2D eigenvalue weighted by Gasteiger charge is -2.16. The minimum absolute atomic E-state index is 0.198. The van der Waals surface area contributed by atoms with Crippen LogP contribution in [0.4, 0.5) is 11.4 Å². The summed E-state index contributed by atoms with van der Waals surface area (Å²) in [6.07, 6.45) is 3.56. The highest BCUT2D eigenvalue weighted by Gasteiger charge is 2.17. The summed E-state index contributed by atoms with van der Waals surface area (Å²) in [7, 11) is 3.03. The van der Waals surface area contributed by atoms with Gasteiger partial charge in [-0.15, -0.1) is 0 Å². The molecule has 1 N–H and O–H groups in total. The lowest BCUT2D eigenvalue weighted by Crippen LogP contribution is -1.99. The maximum atomic E-state index is 11.0. The molecule has 2 aromatic heterocycles. The molecule has 4 aromatic rings. The van der Waals surface area contributed by atoms with Gasteiger partial charge >= 0.3 is 0 Å². The third-order valence-electron chi connectivity index (χ3n) is 4.86. The van der Waals surface area contributed by atoms with Gasteiger partial charge < -0.3 is 19.2 Å². The van der Waals surface area contributed by atoms with Crippen LogP contribution in [0.15, 0.2) is 47.2 Å². The fourth-order valence-corrected chi connectivity index (χ4v) is 3.81. The molecule has 0 aliphatic carbocycles. The first kappa shape index (κ1) is 21.5. The van der Waals surface area contributed by atoms with Crippen molar-refractivity contribution < 1.29 is 18.7 Å². The Balaban J connectivity index is 1.91. The van der Waals surface area contributed by atoms with Crippen molar-refractivity contribution in [2.45, 2.75) is 0 Å². The summed E-state index contributed by atoms with van der Waals surface area (Å²) in [5.41, 5.74) is 3.25. The van der Waals surface area contributed by atoms with E-state index in [2.05, 4.69) is 16.4 Å². The zero-order chi connectivity index (χ0) is 22.8. The Bertz CT molecular complexity index is 1390. The molecule has 0 bridgehead atoms. The molecule has 0 aliphatic rings. The van der Waals surface area contributed by atoms with E-state index < -0.39 is 0 Å². The first-order valence-corrected chi connectivity index (χ1v) is 9.99. The Morgan fingerprint density at radius 1 is 1.09 bits per heavy atom. The van der Waals surface area contributed by atoms with Crippen LogP contribution in [0.5, 0.6) is 11.5 Å². The van der Waals surface area contributed by atoms with Crippen molar-refractivity contribution in [3.05, 3.63) is 64.2 Å². The number of hydrogen-bond acceptors (Lipinski definition) is 7. The quantitative estimate of drug-likeness (QED) is 0.334. The van der Waals surface area contributed by atoms with Crippen LogP contribution in [0.2, 0.25) is 10.0 Å². The predicted molar refractivity (Wildman–Crippen MR) is 122 cm³/mol. The number of aromatic nitrogens is 1. The van der Waals surface area contributed by atoms with Crippen LogP contribution < -0.4 is 14.8 Å². The average Bonchev–Trinajstić information content (AvgIpc) is 3.29. The van der Waals surface area contributed by atoms with Crippen molar-refractivity contribution in [1.82, 2.24) is 4.98 Å². The number of methoxy groups -OCH3 is 2. The SMILES string of the molecule is COc1cc(Nc2c(C#N)cnc3cc(-c4coc(C=O)c4)c(OC)cc23)c(Cl)cc1Cl. The zero-order valence-electron chi connectivity index (χ0n) is 16.9. The average molecular weight is 468 g/mol. The van der Waals surface area contributed by atoms with E-state index in [0.717, 1.165) is 0 Å². The van der Waals surface area contributed by atoms with Gasteiger partial charge in [0.25, 0.3) is 0 Å². The number of pyridine rings is 1. The Hall–Kier alpha value is -3.73. The Morgan fingerprint density at radius 3 is 2.53 bits per heavy atom.